The summed E-state index contributed by atoms with van der Waals surface area (Å²) in [5.74, 6) is 0.445. The molecular formula is C45H28N4S. The van der Waals surface area contributed by atoms with E-state index in [4.69, 9.17) is 24.5 Å². The topological polar surface area (TPSA) is 43.6 Å². The Bertz CT molecular complexity index is 3310. The number of nitrogens with zero attached hydrogens (tertiary/aromatic N) is 4. The van der Waals surface area contributed by atoms with Crippen LogP contribution in [-0.2, 0) is 0 Å². The fraction of sp³-hybridized carbons (Fsp3) is 0. The van der Waals surface area contributed by atoms with Crippen molar-refractivity contribution in [2.45, 2.75) is 0 Å². The monoisotopic (exact) mass is 666 g/mol. The highest BCUT2D eigenvalue weighted by Crippen LogP contribution is 2.40. The third-order valence-electron chi connectivity index (χ3n) is 8.74. The lowest BCUT2D eigenvalue weighted by Gasteiger charge is -2.12. The van der Waals surface area contributed by atoms with Gasteiger partial charge in [0.25, 0.3) is 0 Å². The molecule has 50 heavy (non-hydrogen) atoms. The smallest absolute Gasteiger partial charge is 0.238 e. The number of hydrogen-bond acceptors (Lipinski definition) is 4. The van der Waals surface area contributed by atoms with Crippen molar-refractivity contribution in [3.05, 3.63) is 170 Å². The third kappa shape index (κ3) is 4.79. The molecule has 0 aliphatic rings. The molecule has 3 heterocycles. The molecule has 0 radical (unpaired) electrons. The summed E-state index contributed by atoms with van der Waals surface area (Å²) in [5, 5.41) is 0.134. The lowest BCUT2D eigenvalue weighted by Crippen LogP contribution is -2.06. The number of thiophene rings is 1. The first-order chi connectivity index (χ1) is 28.9. The minimum absolute atomic E-state index is 0.00421. The second kappa shape index (κ2) is 11.6. The van der Waals surface area contributed by atoms with Gasteiger partial charge in [-0.2, -0.15) is 9.97 Å². The molecule has 0 aliphatic heterocycles. The zero-order valence-corrected chi connectivity index (χ0v) is 26.9. The van der Waals surface area contributed by atoms with Crippen LogP contribution in [0.1, 0.15) is 13.7 Å². The Balaban J connectivity index is 1.31. The highest BCUT2D eigenvalue weighted by molar-refractivity contribution is 7.25. The average molecular weight is 667 g/mol. The molecule has 0 spiro atoms. The quantitative estimate of drug-likeness (QED) is 0.184. The van der Waals surface area contributed by atoms with Gasteiger partial charge in [0, 0.05) is 42.1 Å². The first-order valence-electron chi connectivity index (χ1n) is 20.9. The molecule has 234 valence electrons. The zero-order valence-electron chi connectivity index (χ0n) is 36.1. The van der Waals surface area contributed by atoms with E-state index < -0.39 is 36.3 Å². The summed E-state index contributed by atoms with van der Waals surface area (Å²) in [6.45, 7) is 0. The maximum Gasteiger partial charge on any atom is 0.238 e. The lowest BCUT2D eigenvalue weighted by atomic mass is 10.0. The van der Waals surface area contributed by atoms with Crippen LogP contribution in [0.5, 0.6) is 0 Å². The van der Waals surface area contributed by atoms with Crippen molar-refractivity contribution in [2.75, 3.05) is 0 Å². The van der Waals surface area contributed by atoms with Crippen LogP contribution in [0.15, 0.2) is 170 Å². The fourth-order valence-electron chi connectivity index (χ4n) is 6.30. The molecule has 0 bridgehead atoms. The predicted octanol–water partition coefficient (Wildman–Crippen LogP) is 12.0. The summed E-state index contributed by atoms with van der Waals surface area (Å²) < 4.78 is 91.1. The molecule has 4 nitrogen and oxygen atoms in total. The van der Waals surface area contributed by atoms with Gasteiger partial charge in [-0.25, -0.2) is 4.98 Å². The Kier molecular flexibility index (Phi) is 4.69. The van der Waals surface area contributed by atoms with Crippen LogP contribution >= 0.6 is 11.3 Å². The third-order valence-corrected chi connectivity index (χ3v) is 9.76. The molecule has 0 aliphatic carbocycles. The Labute approximate surface area is 306 Å². The summed E-state index contributed by atoms with van der Waals surface area (Å²) in [6, 6.07) is 31.2. The van der Waals surface area contributed by atoms with E-state index in [-0.39, 0.29) is 83.7 Å². The summed E-state index contributed by atoms with van der Waals surface area (Å²) >= 11 is 0.956. The highest BCUT2D eigenvalue weighted by atomic mass is 32.1. The Hall–Kier alpha value is -6.43. The number of aromatic nitrogens is 4. The van der Waals surface area contributed by atoms with Crippen LogP contribution < -0.4 is 0 Å². The van der Waals surface area contributed by atoms with Crippen molar-refractivity contribution in [3.63, 3.8) is 0 Å². The maximum atomic E-state index is 9.73. The van der Waals surface area contributed by atoms with Gasteiger partial charge in [-0.05, 0) is 46.4 Å². The predicted molar refractivity (Wildman–Crippen MR) is 209 cm³/mol. The Morgan fingerprint density at radius 3 is 1.56 bits per heavy atom. The van der Waals surface area contributed by atoms with Crippen LogP contribution in [-0.4, -0.2) is 19.5 Å². The molecule has 0 amide bonds. The minimum atomic E-state index is -0.538. The molecule has 0 unspecified atom stereocenters. The summed E-state index contributed by atoms with van der Waals surface area (Å²) in [6.07, 6.45) is 0. The van der Waals surface area contributed by atoms with Crippen molar-refractivity contribution < 1.29 is 13.7 Å². The normalized spacial score (nSPS) is 14.4. The van der Waals surface area contributed by atoms with Gasteiger partial charge in [0.2, 0.25) is 5.95 Å². The molecule has 5 heteroatoms. The van der Waals surface area contributed by atoms with Crippen molar-refractivity contribution in [1.82, 2.24) is 19.5 Å². The van der Waals surface area contributed by atoms with E-state index in [1.807, 2.05) is 109 Å². The summed E-state index contributed by atoms with van der Waals surface area (Å²) in [5.41, 5.74) is 5.22. The molecule has 3 aromatic heterocycles. The van der Waals surface area contributed by atoms with Crippen molar-refractivity contribution in [1.29, 1.82) is 0 Å². The van der Waals surface area contributed by atoms with Crippen LogP contribution in [0.2, 0.25) is 0 Å². The number of rotatable bonds is 5. The van der Waals surface area contributed by atoms with Gasteiger partial charge >= 0.3 is 0 Å². The molecule has 0 fully saturated rings. The molecule has 10 aromatic rings. The van der Waals surface area contributed by atoms with Crippen molar-refractivity contribution >= 4 is 53.3 Å². The minimum Gasteiger partial charge on any atom is -0.278 e. The van der Waals surface area contributed by atoms with Gasteiger partial charge in [-0.15, -0.1) is 11.3 Å². The van der Waals surface area contributed by atoms with E-state index in [2.05, 4.69) is 0 Å². The first kappa shape index (κ1) is 20.2. The van der Waals surface area contributed by atoms with Crippen LogP contribution in [0.3, 0.4) is 0 Å². The molecule has 0 N–H and O–H groups in total. The molecule has 0 atom stereocenters. The van der Waals surface area contributed by atoms with E-state index in [1.54, 1.807) is 0 Å². The second-order valence-corrected chi connectivity index (χ2v) is 12.7. The summed E-state index contributed by atoms with van der Waals surface area (Å²) in [4.78, 5) is 14.8. The number of benzene rings is 7. The van der Waals surface area contributed by atoms with E-state index in [9.17, 15) is 4.11 Å². The van der Waals surface area contributed by atoms with E-state index in [0.29, 0.717) is 11.1 Å². The molecule has 0 saturated heterocycles. The van der Waals surface area contributed by atoms with Crippen LogP contribution in [0.4, 0.5) is 0 Å². The molecule has 0 saturated carbocycles. The van der Waals surface area contributed by atoms with Crippen LogP contribution in [0, 0.1) is 0 Å². The van der Waals surface area contributed by atoms with Gasteiger partial charge in [-0.3, -0.25) is 4.57 Å². The van der Waals surface area contributed by atoms with Gasteiger partial charge in [0.1, 0.15) is 0 Å². The van der Waals surface area contributed by atoms with Gasteiger partial charge in [-0.1, -0.05) is 145 Å². The maximum absolute atomic E-state index is 9.73. The number of para-hydroxylation sites is 1. The number of hydrogen-bond donors (Lipinski definition) is 0. The van der Waals surface area contributed by atoms with Crippen molar-refractivity contribution in [3.8, 4) is 51.0 Å². The van der Waals surface area contributed by atoms with Gasteiger partial charge < -0.3 is 0 Å². The standard InChI is InChI=1S/C45H28N4S/c1-3-11-29(12-4-1)31-19-23-33(24-20-31)43-46-44(34-25-21-32(22-26-34)30-13-5-2-6-14-30)48-45(47-43)49-39-17-9-7-15-35(39)37-27-38-36-16-8-10-18-41(36)50-42(38)28-40(37)49/h1-28H/i7D,8D,9D,10D,15D,16D,17D,18D,27D,28D. The molecular weight excluding hydrogens is 629 g/mol. The van der Waals surface area contributed by atoms with Crippen molar-refractivity contribution in [2.24, 2.45) is 0 Å². The zero-order chi connectivity index (χ0) is 41.7. The largest absolute Gasteiger partial charge is 0.278 e. The molecule has 10 rings (SSSR count). The number of fused-ring (bicyclic) bond motifs is 6. The second-order valence-electron chi connectivity index (χ2n) is 11.7. The molecule has 7 aromatic carbocycles. The average Bonchev–Trinajstić information content (AvgIpc) is 3.88. The fourth-order valence-corrected chi connectivity index (χ4v) is 7.27. The van der Waals surface area contributed by atoms with E-state index in [0.717, 1.165) is 33.6 Å². The van der Waals surface area contributed by atoms with Gasteiger partial charge in [0.15, 0.2) is 11.6 Å². The van der Waals surface area contributed by atoms with Crippen LogP contribution in [0.25, 0.3) is 93.0 Å². The van der Waals surface area contributed by atoms with E-state index >= 15 is 0 Å². The SMILES string of the molecule is [2H]c1c([2H])c([2H])c2c(sc3c([2H])c4c(c([2H])c32)c2c([2H])c([2H])c([2H])c([2H])c2n4-c2nc(-c3ccc(-c4ccccc4)cc3)nc(-c3ccc(-c4ccccc4)cc3)n2)c1[2H]. The van der Waals surface area contributed by atoms with E-state index in [1.165, 1.54) is 4.57 Å². The Morgan fingerprint density at radius 2 is 0.940 bits per heavy atom. The summed E-state index contributed by atoms with van der Waals surface area (Å²) in [7, 11) is 0. The highest BCUT2D eigenvalue weighted by Gasteiger charge is 2.19. The van der Waals surface area contributed by atoms with Gasteiger partial charge in [0.05, 0.1) is 24.7 Å². The first-order valence-corrected chi connectivity index (χ1v) is 16.7. The lowest BCUT2D eigenvalue weighted by molar-refractivity contribution is 0.954. The Morgan fingerprint density at radius 1 is 0.420 bits per heavy atom.